The SMILES string of the molecule is CCc1cnc2c(C#N)cccn12. The van der Waals surface area contributed by atoms with Gasteiger partial charge in [0.15, 0.2) is 5.65 Å². The summed E-state index contributed by atoms with van der Waals surface area (Å²) in [6.45, 7) is 2.07. The summed E-state index contributed by atoms with van der Waals surface area (Å²) in [5, 5.41) is 8.81. The summed E-state index contributed by atoms with van der Waals surface area (Å²) in [7, 11) is 0. The van der Waals surface area contributed by atoms with Crippen LogP contribution in [0.2, 0.25) is 0 Å². The molecule has 0 saturated heterocycles. The Morgan fingerprint density at radius 1 is 1.62 bits per heavy atom. The van der Waals surface area contributed by atoms with Crippen LogP contribution in [0.4, 0.5) is 0 Å². The second-order valence-electron chi connectivity index (χ2n) is 2.83. The van der Waals surface area contributed by atoms with Crippen LogP contribution >= 0.6 is 0 Å². The number of rotatable bonds is 1. The van der Waals surface area contributed by atoms with E-state index in [1.54, 1.807) is 6.07 Å². The lowest BCUT2D eigenvalue weighted by Crippen LogP contribution is -1.91. The molecule has 0 saturated carbocycles. The van der Waals surface area contributed by atoms with Crippen molar-refractivity contribution in [3.63, 3.8) is 0 Å². The molecule has 0 fully saturated rings. The van der Waals surface area contributed by atoms with Crippen molar-refractivity contribution >= 4 is 5.65 Å². The first-order valence-electron chi connectivity index (χ1n) is 4.22. The second kappa shape index (κ2) is 2.91. The van der Waals surface area contributed by atoms with Crippen LogP contribution in [0.15, 0.2) is 24.5 Å². The molecule has 64 valence electrons. The Bertz CT molecular complexity index is 476. The molecule has 2 aromatic heterocycles. The highest BCUT2D eigenvalue weighted by Crippen LogP contribution is 2.11. The molecule has 0 aromatic carbocycles. The van der Waals surface area contributed by atoms with Crippen molar-refractivity contribution in [3.8, 4) is 6.07 Å². The van der Waals surface area contributed by atoms with Gasteiger partial charge in [-0.1, -0.05) is 6.92 Å². The van der Waals surface area contributed by atoms with Gasteiger partial charge < -0.3 is 4.40 Å². The Morgan fingerprint density at radius 3 is 3.15 bits per heavy atom. The third-order valence-electron chi connectivity index (χ3n) is 2.10. The van der Waals surface area contributed by atoms with Crippen molar-refractivity contribution < 1.29 is 0 Å². The zero-order chi connectivity index (χ0) is 9.26. The molecule has 0 amide bonds. The van der Waals surface area contributed by atoms with Crippen molar-refractivity contribution in [1.82, 2.24) is 9.38 Å². The normalized spacial score (nSPS) is 10.2. The van der Waals surface area contributed by atoms with Crippen LogP contribution in [0, 0.1) is 11.3 Å². The fourth-order valence-corrected chi connectivity index (χ4v) is 1.41. The molecule has 0 aliphatic rings. The number of nitriles is 1. The smallest absolute Gasteiger partial charge is 0.154 e. The minimum atomic E-state index is 0.627. The lowest BCUT2D eigenvalue weighted by Gasteiger charge is -1.97. The van der Waals surface area contributed by atoms with E-state index in [9.17, 15) is 0 Å². The molecule has 0 aliphatic heterocycles. The highest BCUT2D eigenvalue weighted by atomic mass is 15.0. The van der Waals surface area contributed by atoms with Gasteiger partial charge in [0.2, 0.25) is 0 Å². The Labute approximate surface area is 76.3 Å². The minimum Gasteiger partial charge on any atom is -0.303 e. The van der Waals surface area contributed by atoms with Crippen LogP contribution in [-0.4, -0.2) is 9.38 Å². The number of fused-ring (bicyclic) bond motifs is 1. The first-order valence-corrected chi connectivity index (χ1v) is 4.22. The van der Waals surface area contributed by atoms with Crippen molar-refractivity contribution in [2.24, 2.45) is 0 Å². The summed E-state index contributed by atoms with van der Waals surface area (Å²) in [4.78, 5) is 4.20. The molecule has 0 aliphatic carbocycles. The van der Waals surface area contributed by atoms with Gasteiger partial charge >= 0.3 is 0 Å². The zero-order valence-electron chi connectivity index (χ0n) is 7.36. The molecular weight excluding hydrogens is 162 g/mol. The molecule has 3 heteroatoms. The summed E-state index contributed by atoms with van der Waals surface area (Å²) in [5.41, 5.74) is 2.51. The van der Waals surface area contributed by atoms with E-state index in [0.29, 0.717) is 5.56 Å². The van der Waals surface area contributed by atoms with Crippen LogP contribution in [0.1, 0.15) is 18.2 Å². The van der Waals surface area contributed by atoms with Gasteiger partial charge in [-0.15, -0.1) is 0 Å². The average Bonchev–Trinajstić information content (AvgIpc) is 2.60. The van der Waals surface area contributed by atoms with Crippen molar-refractivity contribution in [3.05, 3.63) is 35.8 Å². The molecule has 0 atom stereocenters. The maximum atomic E-state index is 8.81. The van der Waals surface area contributed by atoms with Crippen LogP contribution in [-0.2, 0) is 6.42 Å². The van der Waals surface area contributed by atoms with Gasteiger partial charge in [-0.2, -0.15) is 5.26 Å². The van der Waals surface area contributed by atoms with Gasteiger partial charge in [0, 0.05) is 18.1 Å². The first-order chi connectivity index (χ1) is 6.36. The molecule has 2 heterocycles. The third-order valence-corrected chi connectivity index (χ3v) is 2.10. The number of pyridine rings is 1. The van der Waals surface area contributed by atoms with Gasteiger partial charge in [0.1, 0.15) is 6.07 Å². The van der Waals surface area contributed by atoms with E-state index in [0.717, 1.165) is 17.8 Å². The topological polar surface area (TPSA) is 41.1 Å². The number of hydrogen-bond donors (Lipinski definition) is 0. The molecule has 13 heavy (non-hydrogen) atoms. The standard InChI is InChI=1S/C10H9N3/c1-2-9-7-12-10-8(6-11)4-3-5-13(9)10/h3-5,7H,2H2,1H3. The molecular formula is C10H9N3. The molecule has 2 rings (SSSR count). The van der Waals surface area contributed by atoms with Gasteiger partial charge in [-0.25, -0.2) is 4.98 Å². The minimum absolute atomic E-state index is 0.627. The summed E-state index contributed by atoms with van der Waals surface area (Å²) < 4.78 is 1.96. The highest BCUT2D eigenvalue weighted by molar-refractivity contribution is 5.55. The van der Waals surface area contributed by atoms with E-state index >= 15 is 0 Å². The molecule has 0 unspecified atom stereocenters. The summed E-state index contributed by atoms with van der Waals surface area (Å²) in [6, 6.07) is 5.77. The van der Waals surface area contributed by atoms with Crippen molar-refractivity contribution in [2.45, 2.75) is 13.3 Å². The van der Waals surface area contributed by atoms with Crippen LogP contribution < -0.4 is 0 Å². The molecule has 0 N–H and O–H groups in total. The summed E-state index contributed by atoms with van der Waals surface area (Å²) >= 11 is 0. The third kappa shape index (κ3) is 1.07. The predicted octanol–water partition coefficient (Wildman–Crippen LogP) is 1.77. The van der Waals surface area contributed by atoms with Crippen LogP contribution in [0.5, 0.6) is 0 Å². The first kappa shape index (κ1) is 7.81. The van der Waals surface area contributed by atoms with E-state index in [2.05, 4.69) is 18.0 Å². The summed E-state index contributed by atoms with van der Waals surface area (Å²) in [6.07, 6.45) is 4.67. The zero-order valence-corrected chi connectivity index (χ0v) is 7.36. The fourth-order valence-electron chi connectivity index (χ4n) is 1.41. The Kier molecular flexibility index (Phi) is 1.75. The molecule has 2 aromatic rings. The monoisotopic (exact) mass is 171 g/mol. The van der Waals surface area contributed by atoms with Crippen LogP contribution in [0.25, 0.3) is 5.65 Å². The number of imidazole rings is 1. The van der Waals surface area contributed by atoms with E-state index < -0.39 is 0 Å². The maximum absolute atomic E-state index is 8.81. The van der Waals surface area contributed by atoms with Crippen molar-refractivity contribution in [1.29, 1.82) is 5.26 Å². The molecule has 3 nitrogen and oxygen atoms in total. The Balaban J connectivity index is 2.81. The molecule has 0 spiro atoms. The number of hydrogen-bond acceptors (Lipinski definition) is 2. The van der Waals surface area contributed by atoms with E-state index in [1.807, 2.05) is 22.9 Å². The average molecular weight is 171 g/mol. The second-order valence-corrected chi connectivity index (χ2v) is 2.83. The number of aromatic nitrogens is 2. The quantitative estimate of drug-likeness (QED) is 0.656. The van der Waals surface area contributed by atoms with Gasteiger partial charge in [-0.3, -0.25) is 0 Å². The van der Waals surface area contributed by atoms with Crippen LogP contribution in [0.3, 0.4) is 0 Å². The lowest BCUT2D eigenvalue weighted by molar-refractivity contribution is 0.994. The van der Waals surface area contributed by atoms with E-state index in [4.69, 9.17) is 5.26 Å². The molecule has 0 radical (unpaired) electrons. The highest BCUT2D eigenvalue weighted by Gasteiger charge is 2.04. The Morgan fingerprint density at radius 2 is 2.46 bits per heavy atom. The molecule has 0 bridgehead atoms. The number of aryl methyl sites for hydroxylation is 1. The predicted molar refractivity (Wildman–Crippen MR) is 49.3 cm³/mol. The number of nitrogens with zero attached hydrogens (tertiary/aromatic N) is 3. The maximum Gasteiger partial charge on any atom is 0.154 e. The largest absolute Gasteiger partial charge is 0.303 e. The van der Waals surface area contributed by atoms with Gasteiger partial charge in [0.05, 0.1) is 5.56 Å². The van der Waals surface area contributed by atoms with E-state index in [1.165, 1.54) is 0 Å². The van der Waals surface area contributed by atoms with E-state index in [-0.39, 0.29) is 0 Å². The fraction of sp³-hybridized carbons (Fsp3) is 0.200. The van der Waals surface area contributed by atoms with Gasteiger partial charge in [-0.05, 0) is 18.6 Å². The summed E-state index contributed by atoms with van der Waals surface area (Å²) in [5.74, 6) is 0. The Hall–Kier alpha value is -1.82. The van der Waals surface area contributed by atoms with Crippen molar-refractivity contribution in [2.75, 3.05) is 0 Å². The van der Waals surface area contributed by atoms with Gasteiger partial charge in [0.25, 0.3) is 0 Å². The lowest BCUT2D eigenvalue weighted by atomic mass is 10.3.